The Morgan fingerprint density at radius 3 is 2.30 bits per heavy atom. The Morgan fingerprint density at radius 1 is 0.925 bits per heavy atom. The number of nitrogens with zero attached hydrogens (tertiary/aromatic N) is 1. The van der Waals surface area contributed by atoms with Crippen LogP contribution in [0.4, 0.5) is 0 Å². The molecule has 11 N–H and O–H groups in total. The maximum Gasteiger partial charge on any atom is 0.326 e. The van der Waals surface area contributed by atoms with Crippen molar-refractivity contribution >= 4 is 34.6 Å². The van der Waals surface area contributed by atoms with E-state index in [1.165, 1.54) is 12.5 Å². The van der Waals surface area contributed by atoms with Crippen LogP contribution in [0.3, 0.4) is 0 Å². The van der Waals surface area contributed by atoms with Crippen molar-refractivity contribution in [2.75, 3.05) is 13.2 Å². The largest absolute Gasteiger partial charge is 0.480 e. The van der Waals surface area contributed by atoms with Crippen LogP contribution in [0, 0.1) is 0 Å². The highest BCUT2D eigenvalue weighted by molar-refractivity contribution is 5.94. The molecule has 4 atom stereocenters. The minimum Gasteiger partial charge on any atom is -0.480 e. The molecule has 0 bridgehead atoms. The second-order valence-electron chi connectivity index (χ2n) is 9.44. The molecular weight excluding hydrogens is 520 g/mol. The van der Waals surface area contributed by atoms with E-state index < -0.39 is 54.5 Å². The number of hydrogen-bond donors (Lipinski definition) is 9. The number of carboxylic acids is 1. The fraction of sp³-hybridized carbons (Fsp3) is 0.423. The lowest BCUT2D eigenvalue weighted by molar-refractivity contribution is -0.142. The highest BCUT2D eigenvalue weighted by Gasteiger charge is 2.31. The summed E-state index contributed by atoms with van der Waals surface area (Å²) in [6, 6.07) is 2.54. The van der Waals surface area contributed by atoms with E-state index in [1.54, 1.807) is 6.20 Å². The molecule has 0 spiro atoms. The number of carboxylic acid groups (broad SMARTS) is 1. The fourth-order valence-corrected chi connectivity index (χ4v) is 4.20. The summed E-state index contributed by atoms with van der Waals surface area (Å²) in [5.41, 5.74) is 13.3. The Bertz CT molecular complexity index is 1280. The summed E-state index contributed by atoms with van der Waals surface area (Å²) in [7, 11) is 0. The summed E-state index contributed by atoms with van der Waals surface area (Å²) in [5.74, 6) is -3.50. The predicted octanol–water partition coefficient (Wildman–Crippen LogP) is -1.34. The number of aromatic amines is 2. The number of nitrogens with two attached hydrogens (primary N) is 2. The molecule has 0 fully saturated rings. The fourth-order valence-electron chi connectivity index (χ4n) is 4.20. The molecular formula is C26H36N8O6. The Labute approximate surface area is 230 Å². The lowest BCUT2D eigenvalue weighted by Gasteiger charge is -2.24. The first-order valence-corrected chi connectivity index (χ1v) is 13.0. The van der Waals surface area contributed by atoms with Crippen molar-refractivity contribution < 1.29 is 29.4 Å². The van der Waals surface area contributed by atoms with Crippen molar-refractivity contribution in [1.29, 1.82) is 0 Å². The van der Waals surface area contributed by atoms with Crippen LogP contribution in [0.5, 0.6) is 0 Å². The van der Waals surface area contributed by atoms with Crippen LogP contribution in [-0.4, -0.2) is 86.2 Å². The van der Waals surface area contributed by atoms with Crippen LogP contribution in [0.1, 0.15) is 30.5 Å². The third-order valence-corrected chi connectivity index (χ3v) is 6.45. The molecule has 0 aliphatic heterocycles. The van der Waals surface area contributed by atoms with Crippen molar-refractivity contribution in [3.05, 3.63) is 54.2 Å². The number of aliphatic carboxylic acids is 1. The summed E-state index contributed by atoms with van der Waals surface area (Å²) in [4.78, 5) is 60.6. The van der Waals surface area contributed by atoms with Gasteiger partial charge in [-0.15, -0.1) is 0 Å². The zero-order chi connectivity index (χ0) is 29.1. The number of benzene rings is 1. The third-order valence-electron chi connectivity index (χ3n) is 6.45. The minimum atomic E-state index is -1.38. The van der Waals surface area contributed by atoms with Gasteiger partial charge in [0.15, 0.2) is 0 Å². The van der Waals surface area contributed by atoms with Gasteiger partial charge in [0.1, 0.15) is 18.1 Å². The summed E-state index contributed by atoms with van der Waals surface area (Å²) in [6.07, 6.45) is 6.13. The average molecular weight is 557 g/mol. The van der Waals surface area contributed by atoms with Crippen LogP contribution in [0.2, 0.25) is 0 Å². The lowest BCUT2D eigenvalue weighted by atomic mass is 10.0. The number of amides is 3. The molecule has 14 heteroatoms. The second-order valence-corrected chi connectivity index (χ2v) is 9.44. The van der Waals surface area contributed by atoms with Crippen molar-refractivity contribution in [3.8, 4) is 0 Å². The molecule has 40 heavy (non-hydrogen) atoms. The molecule has 2 heterocycles. The molecule has 0 aliphatic rings. The normalized spacial score (nSPS) is 14.2. The van der Waals surface area contributed by atoms with Gasteiger partial charge >= 0.3 is 5.97 Å². The van der Waals surface area contributed by atoms with Crippen LogP contribution >= 0.6 is 0 Å². The zero-order valence-corrected chi connectivity index (χ0v) is 21.9. The van der Waals surface area contributed by atoms with E-state index in [2.05, 4.69) is 30.9 Å². The number of carbonyl (C=O) groups excluding carboxylic acids is 3. The molecule has 0 saturated carbocycles. The number of para-hydroxylation sites is 1. The number of H-pyrrole nitrogens is 2. The van der Waals surface area contributed by atoms with Gasteiger partial charge in [0.25, 0.3) is 0 Å². The van der Waals surface area contributed by atoms with E-state index in [0.717, 1.165) is 10.9 Å². The van der Waals surface area contributed by atoms with Gasteiger partial charge in [0.05, 0.1) is 19.0 Å². The number of hydrogen-bond acceptors (Lipinski definition) is 8. The molecule has 3 aromatic rings. The third kappa shape index (κ3) is 8.36. The number of rotatable bonds is 16. The zero-order valence-electron chi connectivity index (χ0n) is 21.9. The number of fused-ring (bicyclic) bond motifs is 1. The highest BCUT2D eigenvalue weighted by Crippen LogP contribution is 2.19. The minimum absolute atomic E-state index is 0.00677. The first-order valence-electron chi connectivity index (χ1n) is 13.0. The molecule has 0 radical (unpaired) electrons. The van der Waals surface area contributed by atoms with Crippen molar-refractivity contribution in [1.82, 2.24) is 30.9 Å². The molecule has 3 amide bonds. The number of aliphatic hydroxyl groups is 1. The van der Waals surface area contributed by atoms with Gasteiger partial charge in [0.2, 0.25) is 17.7 Å². The van der Waals surface area contributed by atoms with Gasteiger partial charge in [-0.05, 0) is 31.0 Å². The summed E-state index contributed by atoms with van der Waals surface area (Å²) in [6.45, 7) is -0.288. The maximum atomic E-state index is 13.3. The Balaban J connectivity index is 1.71. The molecule has 3 rings (SSSR count). The van der Waals surface area contributed by atoms with E-state index in [4.69, 9.17) is 11.5 Å². The van der Waals surface area contributed by atoms with Crippen LogP contribution < -0.4 is 27.4 Å². The molecule has 216 valence electrons. The monoisotopic (exact) mass is 556 g/mol. The summed E-state index contributed by atoms with van der Waals surface area (Å²) in [5, 5.41) is 27.8. The highest BCUT2D eigenvalue weighted by atomic mass is 16.4. The van der Waals surface area contributed by atoms with Crippen LogP contribution in [-0.2, 0) is 32.0 Å². The van der Waals surface area contributed by atoms with Crippen molar-refractivity contribution in [3.63, 3.8) is 0 Å². The summed E-state index contributed by atoms with van der Waals surface area (Å²) < 4.78 is 0. The van der Waals surface area contributed by atoms with E-state index in [0.29, 0.717) is 37.1 Å². The molecule has 1 aromatic carbocycles. The van der Waals surface area contributed by atoms with E-state index in [9.17, 15) is 29.4 Å². The Kier molecular flexibility index (Phi) is 11.2. The van der Waals surface area contributed by atoms with Gasteiger partial charge in [-0.1, -0.05) is 24.6 Å². The topological polar surface area (TPSA) is 241 Å². The van der Waals surface area contributed by atoms with Gasteiger partial charge in [0, 0.05) is 41.8 Å². The standard InChI is InChI=1S/C26H36N8O6/c27-8-4-3-6-18(28)23(36)34-22(13-35)25(38)32-20(10-16-12-29-14-31-16)24(37)33-21(26(39)40)9-15-11-30-19-7-2-1-5-17(15)19/h1-2,5,7,11-12,14,18,20-22,30,35H,3-4,6,8-10,13,27-28H2,(H,29,31)(H,32,38)(H,33,37)(H,34,36)(H,39,40). The van der Waals surface area contributed by atoms with Crippen molar-refractivity contribution in [2.24, 2.45) is 11.5 Å². The SMILES string of the molecule is NCCCCC(N)C(=O)NC(CO)C(=O)NC(Cc1cnc[nH]1)C(=O)NC(Cc1c[nH]c2ccccc12)C(=O)O. The summed E-state index contributed by atoms with van der Waals surface area (Å²) >= 11 is 0. The van der Waals surface area contributed by atoms with E-state index in [-0.39, 0.29) is 12.8 Å². The van der Waals surface area contributed by atoms with Gasteiger partial charge in [-0.2, -0.15) is 0 Å². The number of nitrogens with one attached hydrogen (secondary N) is 5. The second kappa shape index (κ2) is 14.8. The lowest BCUT2D eigenvalue weighted by Crippen LogP contribution is -2.58. The average Bonchev–Trinajstić information content (AvgIpc) is 3.60. The number of aromatic nitrogens is 3. The number of imidazole rings is 1. The number of aliphatic hydroxyl groups excluding tert-OH is 1. The molecule has 0 aliphatic carbocycles. The maximum absolute atomic E-state index is 13.3. The molecule has 4 unspecified atom stereocenters. The number of unbranched alkanes of at least 4 members (excludes halogenated alkanes) is 1. The van der Waals surface area contributed by atoms with Gasteiger partial charge in [-0.25, -0.2) is 9.78 Å². The smallest absolute Gasteiger partial charge is 0.326 e. The van der Waals surface area contributed by atoms with Crippen molar-refractivity contribution in [2.45, 2.75) is 56.3 Å². The Morgan fingerprint density at radius 2 is 1.62 bits per heavy atom. The van der Waals surface area contributed by atoms with E-state index >= 15 is 0 Å². The molecule has 14 nitrogen and oxygen atoms in total. The molecule has 2 aromatic heterocycles. The van der Waals surface area contributed by atoms with Crippen LogP contribution in [0.15, 0.2) is 43.0 Å². The van der Waals surface area contributed by atoms with Gasteiger partial charge < -0.3 is 47.6 Å². The predicted molar refractivity (Wildman–Crippen MR) is 146 cm³/mol. The molecule has 0 saturated heterocycles. The van der Waals surface area contributed by atoms with Gasteiger partial charge in [-0.3, -0.25) is 14.4 Å². The first-order chi connectivity index (χ1) is 19.2. The number of carbonyl (C=O) groups is 4. The first kappa shape index (κ1) is 30.3. The Hall–Kier alpha value is -4.27. The van der Waals surface area contributed by atoms with E-state index in [1.807, 2.05) is 24.3 Å². The quantitative estimate of drug-likeness (QED) is 0.0947. The van der Waals surface area contributed by atoms with Crippen LogP contribution in [0.25, 0.3) is 10.9 Å².